The Morgan fingerprint density at radius 2 is 1.92 bits per heavy atom. The van der Waals surface area contributed by atoms with Gasteiger partial charge in [0.15, 0.2) is 0 Å². The van der Waals surface area contributed by atoms with Crippen molar-refractivity contribution >= 4 is 56.4 Å². The van der Waals surface area contributed by atoms with Crippen molar-refractivity contribution in [3.63, 3.8) is 0 Å². The second-order valence-electron chi connectivity index (χ2n) is 5.25. The molecule has 0 atom stereocenters. The number of aromatic nitrogens is 3. The highest BCUT2D eigenvalue weighted by atomic mass is 35.5. The molecule has 0 amide bonds. The summed E-state index contributed by atoms with van der Waals surface area (Å²) in [6.07, 6.45) is 5.32. The van der Waals surface area contributed by atoms with E-state index in [0.717, 1.165) is 32.2 Å². The molecule has 25 heavy (non-hydrogen) atoms. The zero-order valence-electron chi connectivity index (χ0n) is 13.2. The number of hydrogen-bond donors (Lipinski definition) is 1. The van der Waals surface area contributed by atoms with Crippen molar-refractivity contribution in [1.82, 2.24) is 15.0 Å². The van der Waals surface area contributed by atoms with E-state index >= 15 is 0 Å². The number of benzene rings is 1. The van der Waals surface area contributed by atoms with Crippen molar-refractivity contribution in [2.24, 2.45) is 0 Å². The number of pyridine rings is 1. The van der Waals surface area contributed by atoms with Crippen LogP contribution in [0.4, 0.5) is 11.5 Å². The Balaban J connectivity index is 1.73. The number of hydrogen-bond acceptors (Lipinski definition) is 6. The number of fused-ring (bicyclic) bond motifs is 1. The zero-order chi connectivity index (χ0) is 17.2. The molecule has 0 aliphatic heterocycles. The summed E-state index contributed by atoms with van der Waals surface area (Å²) < 4.78 is 0. The van der Waals surface area contributed by atoms with Crippen LogP contribution in [-0.4, -0.2) is 21.2 Å². The first-order chi connectivity index (χ1) is 12.2. The van der Waals surface area contributed by atoms with Crippen LogP contribution in [0.2, 0.25) is 5.15 Å². The SMILES string of the molecule is CSc1ccc(Nc2ncnc3sc(-c4cccnc4Cl)cc23)cc1. The van der Waals surface area contributed by atoms with Crippen LogP contribution in [0.1, 0.15) is 0 Å². The Morgan fingerprint density at radius 1 is 1.08 bits per heavy atom. The third-order valence-electron chi connectivity index (χ3n) is 3.71. The molecule has 0 saturated carbocycles. The molecule has 3 aromatic heterocycles. The van der Waals surface area contributed by atoms with Gasteiger partial charge in [-0.15, -0.1) is 23.1 Å². The average molecular weight is 385 g/mol. The number of rotatable bonds is 4. The summed E-state index contributed by atoms with van der Waals surface area (Å²) in [5, 5.41) is 4.83. The van der Waals surface area contributed by atoms with Crippen molar-refractivity contribution in [2.45, 2.75) is 4.90 Å². The fourth-order valence-electron chi connectivity index (χ4n) is 2.47. The zero-order valence-corrected chi connectivity index (χ0v) is 15.6. The van der Waals surface area contributed by atoms with Gasteiger partial charge in [0.1, 0.15) is 22.1 Å². The lowest BCUT2D eigenvalue weighted by Gasteiger charge is -2.06. The largest absolute Gasteiger partial charge is 0.340 e. The highest BCUT2D eigenvalue weighted by Gasteiger charge is 2.12. The average Bonchev–Trinajstić information content (AvgIpc) is 3.08. The topological polar surface area (TPSA) is 50.7 Å². The van der Waals surface area contributed by atoms with Crippen molar-refractivity contribution in [3.05, 3.63) is 60.1 Å². The molecule has 7 heteroatoms. The Labute approximate surface area is 158 Å². The van der Waals surface area contributed by atoms with Crippen LogP contribution < -0.4 is 5.32 Å². The third-order valence-corrected chi connectivity index (χ3v) is 5.83. The van der Waals surface area contributed by atoms with Gasteiger partial charge >= 0.3 is 0 Å². The monoisotopic (exact) mass is 384 g/mol. The summed E-state index contributed by atoms with van der Waals surface area (Å²) in [4.78, 5) is 16.1. The molecule has 0 unspecified atom stereocenters. The first-order valence-electron chi connectivity index (χ1n) is 7.51. The van der Waals surface area contributed by atoms with Crippen LogP contribution in [0, 0.1) is 0 Å². The van der Waals surface area contributed by atoms with E-state index in [9.17, 15) is 0 Å². The van der Waals surface area contributed by atoms with Crippen LogP contribution in [0.3, 0.4) is 0 Å². The van der Waals surface area contributed by atoms with Crippen LogP contribution in [0.5, 0.6) is 0 Å². The smallest absolute Gasteiger partial charge is 0.142 e. The van der Waals surface area contributed by atoms with Crippen molar-refractivity contribution in [2.75, 3.05) is 11.6 Å². The summed E-state index contributed by atoms with van der Waals surface area (Å²) in [6.45, 7) is 0. The Morgan fingerprint density at radius 3 is 2.68 bits per heavy atom. The van der Waals surface area contributed by atoms with E-state index in [-0.39, 0.29) is 0 Å². The normalized spacial score (nSPS) is 11.0. The van der Waals surface area contributed by atoms with E-state index in [2.05, 4.69) is 44.7 Å². The van der Waals surface area contributed by atoms with E-state index in [0.29, 0.717) is 5.15 Å². The van der Waals surface area contributed by atoms with Gasteiger partial charge in [0.2, 0.25) is 0 Å². The third kappa shape index (κ3) is 3.33. The van der Waals surface area contributed by atoms with Crippen molar-refractivity contribution in [1.29, 1.82) is 0 Å². The van der Waals surface area contributed by atoms with E-state index in [1.54, 1.807) is 35.6 Å². The molecule has 0 aliphatic carbocycles. The van der Waals surface area contributed by atoms with Gasteiger partial charge in [0, 0.05) is 27.2 Å². The summed E-state index contributed by atoms with van der Waals surface area (Å²) in [5.74, 6) is 0.782. The molecule has 124 valence electrons. The van der Waals surface area contributed by atoms with Crippen molar-refractivity contribution in [3.8, 4) is 10.4 Å². The molecule has 0 aliphatic rings. The molecule has 3 heterocycles. The van der Waals surface area contributed by atoms with Crippen LogP contribution in [-0.2, 0) is 0 Å². The van der Waals surface area contributed by atoms with Gasteiger partial charge in [-0.2, -0.15) is 0 Å². The van der Waals surface area contributed by atoms with Gasteiger partial charge in [-0.1, -0.05) is 11.6 Å². The number of thiophene rings is 1. The molecule has 4 aromatic rings. The summed E-state index contributed by atoms with van der Waals surface area (Å²) in [6, 6.07) is 14.2. The first kappa shape index (κ1) is 16.3. The standard InChI is InChI=1S/C18H13ClN4S2/c1-24-12-6-4-11(5-7-12)23-17-14-9-15(25-18(14)22-10-21-17)13-3-2-8-20-16(13)19/h2-10H,1H3,(H,21,22,23). The molecule has 0 fully saturated rings. The number of nitrogens with one attached hydrogen (secondary N) is 1. The van der Waals surface area contributed by atoms with Gasteiger partial charge in [0.25, 0.3) is 0 Å². The molecular formula is C18H13ClN4S2. The molecule has 0 radical (unpaired) electrons. The second-order valence-corrected chi connectivity index (χ2v) is 7.52. The maximum Gasteiger partial charge on any atom is 0.142 e. The predicted molar refractivity (Wildman–Crippen MR) is 107 cm³/mol. The highest BCUT2D eigenvalue weighted by Crippen LogP contribution is 2.37. The fraction of sp³-hybridized carbons (Fsp3) is 0.0556. The van der Waals surface area contributed by atoms with Crippen LogP contribution in [0.25, 0.3) is 20.7 Å². The second kappa shape index (κ2) is 7.00. The predicted octanol–water partition coefficient (Wildman–Crippen LogP) is 5.87. The van der Waals surface area contributed by atoms with E-state index < -0.39 is 0 Å². The Bertz CT molecular complexity index is 1030. The Kier molecular flexibility index (Phi) is 4.57. The number of anilines is 2. The fourth-order valence-corrected chi connectivity index (χ4v) is 4.18. The van der Waals surface area contributed by atoms with Gasteiger partial charge in [-0.05, 0) is 48.7 Å². The summed E-state index contributed by atoms with van der Waals surface area (Å²) in [5.41, 5.74) is 1.90. The molecule has 0 saturated heterocycles. The molecule has 0 bridgehead atoms. The molecular weight excluding hydrogens is 372 g/mol. The van der Waals surface area contributed by atoms with E-state index in [1.807, 2.05) is 24.3 Å². The number of nitrogens with zero attached hydrogens (tertiary/aromatic N) is 3. The highest BCUT2D eigenvalue weighted by molar-refractivity contribution is 7.98. The van der Waals surface area contributed by atoms with E-state index in [4.69, 9.17) is 11.6 Å². The molecule has 4 nitrogen and oxygen atoms in total. The molecule has 4 rings (SSSR count). The Hall–Kier alpha value is -2.15. The molecule has 1 aromatic carbocycles. The maximum absolute atomic E-state index is 6.23. The molecule has 0 spiro atoms. The lowest BCUT2D eigenvalue weighted by Crippen LogP contribution is -1.94. The van der Waals surface area contributed by atoms with Gasteiger partial charge < -0.3 is 5.32 Å². The van der Waals surface area contributed by atoms with Crippen molar-refractivity contribution < 1.29 is 0 Å². The van der Waals surface area contributed by atoms with Gasteiger partial charge in [0.05, 0.1) is 5.39 Å². The van der Waals surface area contributed by atoms with E-state index in [1.165, 1.54) is 4.90 Å². The minimum absolute atomic E-state index is 0.490. The lowest BCUT2D eigenvalue weighted by atomic mass is 10.2. The quantitative estimate of drug-likeness (QED) is 0.352. The van der Waals surface area contributed by atoms with Gasteiger partial charge in [-0.25, -0.2) is 15.0 Å². The minimum atomic E-state index is 0.490. The first-order valence-corrected chi connectivity index (χ1v) is 9.93. The summed E-state index contributed by atoms with van der Waals surface area (Å²) in [7, 11) is 0. The minimum Gasteiger partial charge on any atom is -0.340 e. The number of thioether (sulfide) groups is 1. The van der Waals surface area contributed by atoms with Crippen LogP contribution in [0.15, 0.2) is 59.9 Å². The summed E-state index contributed by atoms with van der Waals surface area (Å²) >= 11 is 9.52. The van der Waals surface area contributed by atoms with Gasteiger partial charge in [-0.3, -0.25) is 0 Å². The molecule has 1 N–H and O–H groups in total. The number of halogens is 1. The lowest BCUT2D eigenvalue weighted by molar-refractivity contribution is 1.23. The van der Waals surface area contributed by atoms with Crippen LogP contribution >= 0.6 is 34.7 Å². The maximum atomic E-state index is 6.23.